The van der Waals surface area contributed by atoms with Crippen LogP contribution >= 0.6 is 0 Å². The normalized spacial score (nSPS) is 13.0. The van der Waals surface area contributed by atoms with Gasteiger partial charge in [-0.1, -0.05) is 337 Å². The van der Waals surface area contributed by atoms with Crippen LogP contribution in [0.2, 0.25) is 0 Å². The number of rotatable bonds is 11. The summed E-state index contributed by atoms with van der Waals surface area (Å²) in [6.07, 6.45) is 6.57. The second kappa shape index (κ2) is 32.8. The van der Waals surface area contributed by atoms with Crippen molar-refractivity contribution in [1.82, 2.24) is 27.4 Å². The van der Waals surface area contributed by atoms with E-state index in [1.165, 1.54) is 166 Å². The van der Waals surface area contributed by atoms with Crippen LogP contribution in [0.4, 0.5) is 34.1 Å². The molecule has 7 aromatic heterocycles. The van der Waals surface area contributed by atoms with E-state index in [2.05, 4.69) is 563 Å². The number of fused-ring (bicyclic) bond motifs is 22. The lowest BCUT2D eigenvalue weighted by Gasteiger charge is -2.42. The van der Waals surface area contributed by atoms with Crippen molar-refractivity contribution in [1.29, 1.82) is 0 Å². The van der Waals surface area contributed by atoms with Crippen LogP contribution in [-0.2, 0) is 10.8 Å². The van der Waals surface area contributed by atoms with Crippen molar-refractivity contribution in [3.8, 4) is 67.5 Å². The van der Waals surface area contributed by atoms with Crippen LogP contribution < -0.4 is 9.80 Å². The molecule has 0 fully saturated rings. The van der Waals surface area contributed by atoms with Gasteiger partial charge in [0.1, 0.15) is 11.2 Å². The second-order valence-electron chi connectivity index (χ2n) is 38.3. The third kappa shape index (κ3) is 13.1. The molecule has 27 aromatic rings. The predicted octanol–water partition coefficient (Wildman–Crippen LogP) is 35.3. The molecule has 2 aliphatic heterocycles. The lowest BCUT2D eigenvalue weighted by Crippen LogP contribution is -2.30. The SMILES string of the molecule is CC1(C)c2ccccc2N(c2ccc(-n3c4ccccc4c4c5c(ccc43)ccn5-c3ccccc3)cc2)c2ccccc21.CC1(C)c2ccccc2N(c2cccc(-n3c4ccccc4c4c5c(ccc43)ccn5-c3ccccc3)c2)c2ccccc21.c1ccc(-c2ccc(-c3cccc4c3oc3c(-c5ccc(-n6c7ccccc7c7c8c(ccc76)ccn8-c6ccccc6)cc5)cccc34)cc2)cc1. The van der Waals surface area contributed by atoms with Crippen molar-refractivity contribution < 1.29 is 4.42 Å². The van der Waals surface area contributed by atoms with E-state index in [0.29, 0.717) is 0 Å². The minimum absolute atomic E-state index is 0.0741. The van der Waals surface area contributed by atoms with Gasteiger partial charge in [-0.15, -0.1) is 0 Å². The molecule has 0 bridgehead atoms. The van der Waals surface area contributed by atoms with Crippen LogP contribution in [0.5, 0.6) is 0 Å². The van der Waals surface area contributed by atoms with E-state index in [4.69, 9.17) is 4.42 Å². The van der Waals surface area contributed by atoms with Gasteiger partial charge >= 0.3 is 0 Å². The van der Waals surface area contributed by atoms with Gasteiger partial charge < -0.3 is 41.6 Å². The van der Waals surface area contributed by atoms with Crippen LogP contribution in [0.15, 0.2) is 502 Å². The largest absolute Gasteiger partial charge is 0.455 e. The summed E-state index contributed by atoms with van der Waals surface area (Å²) in [7, 11) is 0. The maximum Gasteiger partial charge on any atom is 0.143 e. The zero-order valence-electron chi connectivity index (χ0n) is 78.3. The molecule has 668 valence electrons. The van der Waals surface area contributed by atoms with E-state index in [1.807, 2.05) is 0 Å². The average Bonchev–Trinajstić information content (AvgIpc) is 1.57. The zero-order chi connectivity index (χ0) is 93.7. The fourth-order valence-corrected chi connectivity index (χ4v) is 23.2. The Hall–Kier alpha value is -18.2. The van der Waals surface area contributed by atoms with E-state index in [9.17, 15) is 0 Å². The van der Waals surface area contributed by atoms with Crippen molar-refractivity contribution in [3.05, 3.63) is 520 Å². The summed E-state index contributed by atoms with van der Waals surface area (Å²) in [4.78, 5) is 4.86. The number of furan rings is 1. The molecule has 0 aliphatic carbocycles. The highest BCUT2D eigenvalue weighted by molar-refractivity contribution is 6.24. The first kappa shape index (κ1) is 82.3. The first-order valence-electron chi connectivity index (χ1n) is 48.7. The highest BCUT2D eigenvalue weighted by Gasteiger charge is 2.39. The lowest BCUT2D eigenvalue weighted by molar-refractivity contribution is 0.631. The van der Waals surface area contributed by atoms with Crippen molar-refractivity contribution in [3.63, 3.8) is 0 Å². The minimum atomic E-state index is -0.0901. The summed E-state index contributed by atoms with van der Waals surface area (Å²) in [5.74, 6) is 0. The van der Waals surface area contributed by atoms with Crippen LogP contribution in [0.1, 0.15) is 49.9 Å². The Bertz CT molecular complexity index is 9500. The Labute approximate surface area is 816 Å². The first-order chi connectivity index (χ1) is 69.5. The van der Waals surface area contributed by atoms with Crippen LogP contribution in [0, 0.1) is 0 Å². The van der Waals surface area contributed by atoms with Crippen LogP contribution in [-0.4, -0.2) is 27.4 Å². The molecule has 0 N–H and O–H groups in total. The number of benzene rings is 20. The fraction of sp³-hybridized carbons (Fsp3) is 0.0455. The molecule has 9 nitrogen and oxygen atoms in total. The minimum Gasteiger partial charge on any atom is -0.455 e. The second-order valence-corrected chi connectivity index (χ2v) is 38.3. The summed E-state index contributed by atoms with van der Waals surface area (Å²) >= 11 is 0. The number of anilines is 6. The van der Waals surface area contributed by atoms with Gasteiger partial charge in [0, 0.05) is 145 Å². The third-order valence-corrected chi connectivity index (χ3v) is 29.8. The van der Waals surface area contributed by atoms with Gasteiger partial charge in [-0.3, -0.25) is 0 Å². The summed E-state index contributed by atoms with van der Waals surface area (Å²) in [5, 5.41) is 13.5. The van der Waals surface area contributed by atoms with Crippen LogP contribution in [0.25, 0.3) is 188 Å². The maximum absolute atomic E-state index is 6.83. The van der Waals surface area contributed by atoms with Crippen LogP contribution in [0.3, 0.4) is 0 Å². The number of hydrogen-bond donors (Lipinski definition) is 0. The standard InChI is InChI=1S/C50H32N2O.2C41H31N3/c1-3-11-33(12-4-1)34-21-23-35(24-22-34)40-16-9-18-42-43-19-10-17-41(50(43)53-49(40)42)36-25-28-39(29-26-36)52-45-20-8-7-15-44(45)47-46(52)30-27-37-31-32-51(48(37)47)38-13-5-2-6-14-38;1-41(2)33-18-7-10-21-36(33)44(37-22-11-8-19-34(37)41)31-16-12-15-30(27-31)43-35-20-9-6-17-32(35)39-38(43)24-23-28-25-26-42(40(28)39)29-13-4-3-5-14-29;1-41(2)33-15-7-10-18-36(33)44(37-19-11-8-16-34(37)41)31-23-21-30(22-24-31)43-35-17-9-6-14-32(35)39-38(43)25-20-28-26-27-42(40(28)39)29-12-4-3-5-13-29/h1-32H;2*3-27H,1-2H3. The molecule has 0 atom stereocenters. The summed E-state index contributed by atoms with van der Waals surface area (Å²) in [5.41, 5.74) is 38.9. The van der Waals surface area contributed by atoms with E-state index >= 15 is 0 Å². The number of nitrogens with zero attached hydrogens (tertiary/aromatic N) is 8. The maximum atomic E-state index is 6.83. The quantitative estimate of drug-likeness (QED) is 0.130. The highest BCUT2D eigenvalue weighted by atomic mass is 16.3. The molecule has 0 amide bonds. The van der Waals surface area contributed by atoms with Crippen molar-refractivity contribution in [2.75, 3.05) is 9.80 Å². The molecule has 20 aromatic carbocycles. The van der Waals surface area contributed by atoms with Gasteiger partial charge in [0.25, 0.3) is 0 Å². The lowest BCUT2D eigenvalue weighted by atomic mass is 9.73. The molecule has 141 heavy (non-hydrogen) atoms. The molecule has 9 heterocycles. The Morgan fingerprint density at radius 2 is 0.475 bits per heavy atom. The van der Waals surface area contributed by atoms with Gasteiger partial charge in [-0.05, 0) is 214 Å². The summed E-state index contributed by atoms with van der Waals surface area (Å²) in [6, 6.07) is 173. The van der Waals surface area contributed by atoms with Crippen molar-refractivity contribution in [2.24, 2.45) is 0 Å². The number of hydrogen-bond acceptors (Lipinski definition) is 3. The van der Waals surface area contributed by atoms with Crippen molar-refractivity contribution in [2.45, 2.75) is 38.5 Å². The molecular formula is C132H94N8O. The molecule has 0 saturated carbocycles. The Morgan fingerprint density at radius 3 is 0.872 bits per heavy atom. The predicted molar refractivity (Wildman–Crippen MR) is 590 cm³/mol. The van der Waals surface area contributed by atoms with E-state index in [1.54, 1.807) is 0 Å². The number of aromatic nitrogens is 6. The molecule has 2 aliphatic rings. The van der Waals surface area contributed by atoms with E-state index in [-0.39, 0.29) is 10.8 Å². The Morgan fingerprint density at radius 1 is 0.191 bits per heavy atom. The fourth-order valence-electron chi connectivity index (χ4n) is 23.2. The molecule has 0 saturated heterocycles. The third-order valence-electron chi connectivity index (χ3n) is 29.8. The Balaban J connectivity index is 0.000000107. The molecule has 0 radical (unpaired) electrons. The van der Waals surface area contributed by atoms with Gasteiger partial charge in [-0.25, -0.2) is 0 Å². The topological polar surface area (TPSA) is 49.2 Å². The van der Waals surface area contributed by atoms with Crippen molar-refractivity contribution >= 4 is 154 Å². The summed E-state index contributed by atoms with van der Waals surface area (Å²) in [6.45, 7) is 9.34. The molecular weight excluding hydrogens is 1710 g/mol. The molecule has 0 spiro atoms. The highest BCUT2D eigenvalue weighted by Crippen LogP contribution is 2.55. The average molecular weight is 1810 g/mol. The first-order valence-corrected chi connectivity index (χ1v) is 48.7. The van der Waals surface area contributed by atoms with Gasteiger partial charge in [0.2, 0.25) is 0 Å². The van der Waals surface area contributed by atoms with Gasteiger partial charge in [-0.2, -0.15) is 0 Å². The number of para-hydroxylation sites is 12. The van der Waals surface area contributed by atoms with Gasteiger partial charge in [0.05, 0.1) is 72.4 Å². The molecule has 29 rings (SSSR count). The monoisotopic (exact) mass is 1810 g/mol. The van der Waals surface area contributed by atoms with E-state index in [0.717, 1.165) is 78.3 Å². The van der Waals surface area contributed by atoms with E-state index < -0.39 is 0 Å². The Kier molecular flexibility index (Phi) is 19.1. The zero-order valence-corrected chi connectivity index (χ0v) is 78.3. The molecule has 9 heteroatoms. The molecule has 0 unspecified atom stereocenters. The summed E-state index contributed by atoms with van der Waals surface area (Å²) < 4.78 is 21.0. The van der Waals surface area contributed by atoms with Gasteiger partial charge in [0.15, 0.2) is 0 Å². The smallest absolute Gasteiger partial charge is 0.143 e.